The molecular formula is C17H18F3N. The molecule has 2 aromatic rings. The zero-order chi connectivity index (χ0) is 15.6. The minimum absolute atomic E-state index is 0.0373. The number of aryl methyl sites for hydroxylation is 2. The van der Waals surface area contributed by atoms with Crippen molar-refractivity contribution in [1.82, 2.24) is 5.32 Å². The van der Waals surface area contributed by atoms with Crippen LogP contribution < -0.4 is 5.32 Å². The average molecular weight is 293 g/mol. The first-order valence-electron chi connectivity index (χ1n) is 6.89. The Kier molecular flexibility index (Phi) is 4.68. The second-order valence-electron chi connectivity index (χ2n) is 5.09. The number of benzene rings is 2. The summed E-state index contributed by atoms with van der Waals surface area (Å²) in [7, 11) is 0. The summed E-state index contributed by atoms with van der Waals surface area (Å²) >= 11 is 0. The van der Waals surface area contributed by atoms with Crippen LogP contribution in [0.5, 0.6) is 0 Å². The Hall–Kier alpha value is -1.81. The molecule has 0 aliphatic heterocycles. The van der Waals surface area contributed by atoms with Gasteiger partial charge in [-0.3, -0.25) is 0 Å². The zero-order valence-corrected chi connectivity index (χ0v) is 12.3. The predicted octanol–water partition coefficient (Wildman–Crippen LogP) is 4.42. The van der Waals surface area contributed by atoms with E-state index in [1.54, 1.807) is 26.0 Å². The summed E-state index contributed by atoms with van der Waals surface area (Å²) in [6.07, 6.45) is 0. The fraction of sp³-hybridized carbons (Fsp3) is 0.294. The van der Waals surface area contributed by atoms with Gasteiger partial charge in [-0.15, -0.1) is 0 Å². The molecule has 1 atom stereocenters. The Morgan fingerprint density at radius 3 is 2.00 bits per heavy atom. The van der Waals surface area contributed by atoms with Crippen molar-refractivity contribution in [3.05, 3.63) is 70.0 Å². The van der Waals surface area contributed by atoms with Crippen LogP contribution in [0.1, 0.15) is 35.2 Å². The normalized spacial score (nSPS) is 12.5. The third-order valence-corrected chi connectivity index (χ3v) is 3.49. The van der Waals surface area contributed by atoms with Crippen molar-refractivity contribution in [3.8, 4) is 0 Å². The van der Waals surface area contributed by atoms with Crippen LogP contribution in [-0.4, -0.2) is 6.54 Å². The molecule has 4 heteroatoms. The topological polar surface area (TPSA) is 12.0 Å². The lowest BCUT2D eigenvalue weighted by molar-refractivity contribution is 0.509. The van der Waals surface area contributed by atoms with E-state index in [9.17, 15) is 13.2 Å². The summed E-state index contributed by atoms with van der Waals surface area (Å²) < 4.78 is 41.8. The molecule has 0 heterocycles. The lowest BCUT2D eigenvalue weighted by Crippen LogP contribution is -2.24. The van der Waals surface area contributed by atoms with E-state index in [1.165, 1.54) is 18.2 Å². The minimum Gasteiger partial charge on any atom is -0.306 e. The van der Waals surface area contributed by atoms with E-state index >= 15 is 0 Å². The van der Waals surface area contributed by atoms with Gasteiger partial charge in [-0.1, -0.05) is 25.1 Å². The highest BCUT2D eigenvalue weighted by molar-refractivity contribution is 5.38. The summed E-state index contributed by atoms with van der Waals surface area (Å²) in [6.45, 7) is 5.68. The van der Waals surface area contributed by atoms with E-state index < -0.39 is 17.7 Å². The van der Waals surface area contributed by atoms with Crippen LogP contribution in [0.2, 0.25) is 0 Å². The summed E-state index contributed by atoms with van der Waals surface area (Å²) in [6, 6.07) is 6.40. The molecule has 2 rings (SSSR count). The molecule has 0 amide bonds. The zero-order valence-electron chi connectivity index (χ0n) is 12.3. The number of rotatable bonds is 4. The van der Waals surface area contributed by atoms with Crippen LogP contribution >= 0.6 is 0 Å². The quantitative estimate of drug-likeness (QED) is 0.880. The van der Waals surface area contributed by atoms with Gasteiger partial charge in [-0.2, -0.15) is 0 Å². The van der Waals surface area contributed by atoms with E-state index in [0.29, 0.717) is 23.2 Å². The van der Waals surface area contributed by atoms with Crippen LogP contribution in [-0.2, 0) is 0 Å². The molecule has 2 aromatic carbocycles. The van der Waals surface area contributed by atoms with Crippen LogP contribution in [0.3, 0.4) is 0 Å². The van der Waals surface area contributed by atoms with Gasteiger partial charge in [-0.25, -0.2) is 13.2 Å². The Labute approximate surface area is 122 Å². The first kappa shape index (κ1) is 15.6. The summed E-state index contributed by atoms with van der Waals surface area (Å²) in [5, 5.41) is 3.07. The molecule has 0 aliphatic rings. The molecule has 0 radical (unpaired) electrons. The van der Waals surface area contributed by atoms with Gasteiger partial charge in [0.1, 0.15) is 17.5 Å². The van der Waals surface area contributed by atoms with E-state index in [1.807, 2.05) is 6.92 Å². The summed E-state index contributed by atoms with van der Waals surface area (Å²) in [5.74, 6) is -1.51. The second-order valence-corrected chi connectivity index (χ2v) is 5.09. The molecule has 0 aromatic heterocycles. The molecule has 21 heavy (non-hydrogen) atoms. The fourth-order valence-electron chi connectivity index (χ4n) is 2.52. The van der Waals surface area contributed by atoms with Crippen molar-refractivity contribution < 1.29 is 13.2 Å². The first-order chi connectivity index (χ1) is 9.95. The molecular weight excluding hydrogens is 275 g/mol. The van der Waals surface area contributed by atoms with Gasteiger partial charge in [0.2, 0.25) is 0 Å². The molecule has 0 bridgehead atoms. The summed E-state index contributed by atoms with van der Waals surface area (Å²) in [5.41, 5.74) is 1.54. The van der Waals surface area contributed by atoms with Crippen molar-refractivity contribution in [1.29, 1.82) is 0 Å². The van der Waals surface area contributed by atoms with E-state index in [-0.39, 0.29) is 11.4 Å². The fourth-order valence-corrected chi connectivity index (χ4v) is 2.52. The van der Waals surface area contributed by atoms with Gasteiger partial charge in [0.25, 0.3) is 0 Å². The third kappa shape index (κ3) is 3.10. The Bertz CT molecular complexity index is 609. The number of hydrogen-bond donors (Lipinski definition) is 1. The van der Waals surface area contributed by atoms with Gasteiger partial charge in [0.15, 0.2) is 0 Å². The van der Waals surface area contributed by atoms with Crippen LogP contribution in [0.25, 0.3) is 0 Å². The lowest BCUT2D eigenvalue weighted by Gasteiger charge is -2.21. The highest BCUT2D eigenvalue weighted by atomic mass is 19.1. The molecule has 1 nitrogen and oxygen atoms in total. The van der Waals surface area contributed by atoms with Crippen molar-refractivity contribution in [2.24, 2.45) is 0 Å². The van der Waals surface area contributed by atoms with E-state index in [2.05, 4.69) is 5.32 Å². The third-order valence-electron chi connectivity index (χ3n) is 3.49. The number of hydrogen-bond acceptors (Lipinski definition) is 1. The maximum absolute atomic E-state index is 14.0. The van der Waals surface area contributed by atoms with Gasteiger partial charge < -0.3 is 5.32 Å². The molecule has 0 saturated carbocycles. The van der Waals surface area contributed by atoms with Crippen LogP contribution in [0.4, 0.5) is 13.2 Å². The van der Waals surface area contributed by atoms with Gasteiger partial charge in [0, 0.05) is 5.56 Å². The Morgan fingerprint density at radius 1 is 1.00 bits per heavy atom. The van der Waals surface area contributed by atoms with E-state index in [4.69, 9.17) is 0 Å². The van der Waals surface area contributed by atoms with Crippen LogP contribution in [0, 0.1) is 31.3 Å². The van der Waals surface area contributed by atoms with Gasteiger partial charge in [-0.05, 0) is 49.2 Å². The first-order valence-corrected chi connectivity index (χ1v) is 6.89. The van der Waals surface area contributed by atoms with Crippen molar-refractivity contribution in [2.45, 2.75) is 26.8 Å². The molecule has 0 aliphatic carbocycles. The van der Waals surface area contributed by atoms with Crippen LogP contribution in [0.15, 0.2) is 30.3 Å². The monoisotopic (exact) mass is 293 g/mol. The van der Waals surface area contributed by atoms with Crippen molar-refractivity contribution in [3.63, 3.8) is 0 Å². The smallest absolute Gasteiger partial charge is 0.131 e. The number of nitrogens with one attached hydrogen (secondary N) is 1. The molecule has 0 saturated heterocycles. The van der Waals surface area contributed by atoms with E-state index in [0.717, 1.165) is 0 Å². The Balaban J connectivity index is 2.59. The molecule has 1 N–H and O–H groups in total. The van der Waals surface area contributed by atoms with Gasteiger partial charge in [0.05, 0.1) is 6.04 Å². The standard InChI is InChI=1S/C17H18F3N/c1-4-21-17(15-13(18)6-5-7-14(15)19)12-8-10(2)16(20)11(3)9-12/h5-9,17,21H,4H2,1-3H3. The lowest BCUT2D eigenvalue weighted by atomic mass is 9.94. The van der Waals surface area contributed by atoms with Crippen molar-refractivity contribution >= 4 is 0 Å². The molecule has 0 spiro atoms. The minimum atomic E-state index is -0.644. The Morgan fingerprint density at radius 2 is 1.52 bits per heavy atom. The SMILES string of the molecule is CCNC(c1cc(C)c(F)c(C)c1)c1c(F)cccc1F. The number of halogens is 3. The maximum atomic E-state index is 14.0. The highest BCUT2D eigenvalue weighted by Gasteiger charge is 2.22. The second kappa shape index (κ2) is 6.31. The largest absolute Gasteiger partial charge is 0.306 e. The maximum Gasteiger partial charge on any atom is 0.131 e. The predicted molar refractivity (Wildman–Crippen MR) is 77.8 cm³/mol. The molecule has 0 fully saturated rings. The molecule has 1 unspecified atom stereocenters. The molecule has 112 valence electrons. The summed E-state index contributed by atoms with van der Waals surface area (Å²) in [4.78, 5) is 0. The van der Waals surface area contributed by atoms with Gasteiger partial charge >= 0.3 is 0 Å². The average Bonchev–Trinajstić information content (AvgIpc) is 2.43. The van der Waals surface area contributed by atoms with Crippen molar-refractivity contribution in [2.75, 3.05) is 6.54 Å². The highest BCUT2D eigenvalue weighted by Crippen LogP contribution is 2.29.